The maximum absolute atomic E-state index is 13.0. The zero-order valence-electron chi connectivity index (χ0n) is 20.2. The second-order valence-corrected chi connectivity index (χ2v) is 10.3. The number of aromatic nitrogens is 2. The summed E-state index contributed by atoms with van der Waals surface area (Å²) in [5.74, 6) is 2.88. The first-order valence-electron chi connectivity index (χ1n) is 12.9. The van der Waals surface area contributed by atoms with Crippen LogP contribution in [0.3, 0.4) is 0 Å². The minimum absolute atomic E-state index is 0.112. The molecule has 6 rings (SSSR count). The lowest BCUT2D eigenvalue weighted by Gasteiger charge is -2.43. The van der Waals surface area contributed by atoms with E-state index < -0.39 is 0 Å². The molecule has 0 unspecified atom stereocenters. The molecule has 0 bridgehead atoms. The highest BCUT2D eigenvalue weighted by Crippen LogP contribution is 2.45. The number of nitrogens with zero attached hydrogens (tertiary/aromatic N) is 4. The lowest BCUT2D eigenvalue weighted by atomic mass is 10.0. The van der Waals surface area contributed by atoms with Gasteiger partial charge in [-0.25, -0.2) is 9.97 Å². The molecule has 2 aliphatic carbocycles. The molecule has 2 aromatic heterocycles. The Morgan fingerprint density at radius 3 is 2.74 bits per heavy atom. The van der Waals surface area contributed by atoms with Crippen molar-refractivity contribution in [2.45, 2.75) is 56.6 Å². The van der Waals surface area contributed by atoms with Gasteiger partial charge < -0.3 is 25.6 Å². The smallest absolute Gasteiger partial charge is 0.225 e. The summed E-state index contributed by atoms with van der Waals surface area (Å²) in [6, 6.07) is 6.13. The predicted octanol–water partition coefficient (Wildman–Crippen LogP) is 3.93. The number of nitrogens with two attached hydrogens (primary N) is 1. The van der Waals surface area contributed by atoms with Crippen molar-refractivity contribution in [2.24, 2.45) is 5.92 Å². The predicted molar refractivity (Wildman–Crippen MR) is 138 cm³/mol. The van der Waals surface area contributed by atoms with Gasteiger partial charge in [-0.3, -0.25) is 4.79 Å². The second-order valence-electron chi connectivity index (χ2n) is 10.3. The Kier molecular flexibility index (Phi) is 5.84. The largest absolute Gasteiger partial charge is 0.396 e. The third-order valence-corrected chi connectivity index (χ3v) is 7.71. The number of carbonyl (C=O) groups excluding carboxylic acids is 1. The van der Waals surface area contributed by atoms with E-state index in [1.807, 2.05) is 24.3 Å². The fourth-order valence-corrected chi connectivity index (χ4v) is 5.29. The molecule has 4 aliphatic rings. The summed E-state index contributed by atoms with van der Waals surface area (Å²) in [5, 5.41) is 3.44. The van der Waals surface area contributed by atoms with Crippen LogP contribution in [0.2, 0.25) is 0 Å². The molecule has 2 aliphatic heterocycles. The Balaban J connectivity index is 1.23. The Morgan fingerprint density at radius 2 is 2.06 bits per heavy atom. The van der Waals surface area contributed by atoms with Crippen LogP contribution in [0.15, 0.2) is 31.0 Å². The zero-order valence-corrected chi connectivity index (χ0v) is 20.2. The third kappa shape index (κ3) is 4.72. The zero-order chi connectivity index (χ0) is 23.9. The lowest BCUT2D eigenvalue weighted by Crippen LogP contribution is -2.57. The second kappa shape index (κ2) is 9.15. The van der Waals surface area contributed by atoms with Crippen LogP contribution < -0.4 is 16.0 Å². The molecule has 2 saturated heterocycles. The average molecular weight is 475 g/mol. The van der Waals surface area contributed by atoms with Gasteiger partial charge in [0.2, 0.25) is 5.91 Å². The Labute approximate surface area is 206 Å². The van der Waals surface area contributed by atoms with Gasteiger partial charge in [0.1, 0.15) is 5.82 Å². The van der Waals surface area contributed by atoms with Crippen LogP contribution in [-0.4, -0.2) is 59.2 Å². The molecule has 1 amide bonds. The summed E-state index contributed by atoms with van der Waals surface area (Å²) in [6.07, 6.45) is 9.87. The minimum Gasteiger partial charge on any atom is -0.396 e. The average Bonchev–Trinajstić information content (AvgIpc) is 3.75. The summed E-state index contributed by atoms with van der Waals surface area (Å²) in [7, 11) is 0. The van der Waals surface area contributed by atoms with Crippen LogP contribution in [0.4, 0.5) is 23.0 Å². The van der Waals surface area contributed by atoms with Crippen molar-refractivity contribution >= 4 is 35.0 Å². The van der Waals surface area contributed by atoms with Gasteiger partial charge in [0.15, 0.2) is 5.82 Å². The molecule has 2 aromatic rings. The van der Waals surface area contributed by atoms with Crippen LogP contribution in [0.5, 0.6) is 0 Å². The molecular weight excluding hydrogens is 440 g/mol. The van der Waals surface area contributed by atoms with Gasteiger partial charge in [-0.15, -0.1) is 0 Å². The van der Waals surface area contributed by atoms with Crippen molar-refractivity contribution in [3.05, 3.63) is 42.2 Å². The van der Waals surface area contributed by atoms with E-state index >= 15 is 0 Å². The van der Waals surface area contributed by atoms with Gasteiger partial charge in [-0.2, -0.15) is 0 Å². The third-order valence-electron chi connectivity index (χ3n) is 7.71. The Bertz CT molecular complexity index is 1120. The molecule has 0 aromatic carbocycles. The van der Waals surface area contributed by atoms with E-state index in [-0.39, 0.29) is 18.1 Å². The number of piperazine rings is 1. The molecule has 8 heteroatoms. The van der Waals surface area contributed by atoms with E-state index in [2.05, 4.69) is 26.7 Å². The number of pyridine rings is 2. The van der Waals surface area contributed by atoms with Crippen LogP contribution in [0.25, 0.3) is 6.08 Å². The molecule has 184 valence electrons. The molecule has 35 heavy (non-hydrogen) atoms. The number of nitrogen functional groups attached to an aromatic ring is 1. The number of ether oxygens (including phenoxy) is 1. The number of carbonyl (C=O) groups is 1. The van der Waals surface area contributed by atoms with Crippen LogP contribution >= 0.6 is 0 Å². The number of anilines is 4. The van der Waals surface area contributed by atoms with Crippen molar-refractivity contribution in [3.63, 3.8) is 0 Å². The quantitative estimate of drug-likeness (QED) is 0.598. The van der Waals surface area contributed by atoms with Gasteiger partial charge in [0.05, 0.1) is 35.6 Å². The fraction of sp³-hybridized carbons (Fsp3) is 0.519. The molecule has 8 nitrogen and oxygen atoms in total. The number of nitrogens with one attached hydrogen (secondary N) is 1. The first-order chi connectivity index (χ1) is 17.1. The maximum atomic E-state index is 13.0. The Hall–Kier alpha value is -3.13. The van der Waals surface area contributed by atoms with Gasteiger partial charge in [-0.05, 0) is 61.8 Å². The standard InChI is InChI=1S/C27H34N6O2/c1-2-17-7-9-29-24(13-17)30-22-15-21(28)27(31-26(22)19-5-6-19)32-10-11-33(23(16-32)18-3-4-18)25(34)14-20-8-12-35-20/h2,7,9,13,15,18-20,23H,1,3-6,8,10-12,14,16,28H2,(H,29,30)/t20-,23+/m1/s1. The van der Waals surface area contributed by atoms with E-state index in [4.69, 9.17) is 15.5 Å². The molecule has 3 N–H and O–H groups in total. The van der Waals surface area contributed by atoms with Crippen LogP contribution in [0.1, 0.15) is 55.7 Å². The van der Waals surface area contributed by atoms with Gasteiger partial charge in [0.25, 0.3) is 0 Å². The number of amides is 1. The highest BCUT2D eigenvalue weighted by molar-refractivity contribution is 5.78. The molecular formula is C27H34N6O2. The molecule has 0 spiro atoms. The fourth-order valence-electron chi connectivity index (χ4n) is 5.29. The van der Waals surface area contributed by atoms with E-state index in [1.165, 1.54) is 12.8 Å². The summed E-state index contributed by atoms with van der Waals surface area (Å²) in [6.45, 7) is 6.88. The van der Waals surface area contributed by atoms with Crippen molar-refractivity contribution in [1.29, 1.82) is 0 Å². The van der Waals surface area contributed by atoms with E-state index in [0.29, 0.717) is 30.5 Å². The number of hydrogen-bond acceptors (Lipinski definition) is 7. The molecule has 4 heterocycles. The van der Waals surface area contributed by atoms with Crippen molar-refractivity contribution in [3.8, 4) is 0 Å². The summed E-state index contributed by atoms with van der Waals surface area (Å²) < 4.78 is 5.52. The number of rotatable bonds is 8. The van der Waals surface area contributed by atoms with E-state index in [0.717, 1.165) is 67.5 Å². The van der Waals surface area contributed by atoms with E-state index in [1.54, 1.807) is 6.20 Å². The molecule has 2 atom stereocenters. The normalized spacial score (nSPS) is 24.1. The Morgan fingerprint density at radius 1 is 1.23 bits per heavy atom. The van der Waals surface area contributed by atoms with Gasteiger partial charge in [-0.1, -0.05) is 12.7 Å². The summed E-state index contributed by atoms with van der Waals surface area (Å²) in [5.41, 5.74) is 10.3. The van der Waals surface area contributed by atoms with Crippen molar-refractivity contribution < 1.29 is 9.53 Å². The lowest BCUT2D eigenvalue weighted by molar-refractivity contribution is -0.142. The highest BCUT2D eigenvalue weighted by atomic mass is 16.5. The summed E-state index contributed by atoms with van der Waals surface area (Å²) >= 11 is 0. The van der Waals surface area contributed by atoms with Gasteiger partial charge in [0, 0.05) is 38.4 Å². The monoisotopic (exact) mass is 474 g/mol. The molecule has 0 radical (unpaired) electrons. The van der Waals surface area contributed by atoms with Crippen molar-refractivity contribution in [2.75, 3.05) is 42.2 Å². The molecule has 2 saturated carbocycles. The number of hydrogen-bond donors (Lipinski definition) is 2. The van der Waals surface area contributed by atoms with Crippen molar-refractivity contribution in [1.82, 2.24) is 14.9 Å². The van der Waals surface area contributed by atoms with Gasteiger partial charge >= 0.3 is 0 Å². The summed E-state index contributed by atoms with van der Waals surface area (Å²) in [4.78, 5) is 27.0. The van der Waals surface area contributed by atoms with Crippen LogP contribution in [0, 0.1) is 5.92 Å². The highest BCUT2D eigenvalue weighted by Gasteiger charge is 2.42. The SMILES string of the molecule is C=Cc1ccnc(Nc2cc(N)c(N3CCN(C(=O)C[C@H]4CCO4)[C@H](C4CC4)C3)nc2C2CC2)c1. The first kappa shape index (κ1) is 22.3. The minimum atomic E-state index is 0.112. The first-order valence-corrected chi connectivity index (χ1v) is 12.9. The topological polar surface area (TPSA) is 96.6 Å². The molecule has 4 fully saturated rings. The maximum Gasteiger partial charge on any atom is 0.225 e. The van der Waals surface area contributed by atoms with Crippen LogP contribution in [-0.2, 0) is 9.53 Å². The van der Waals surface area contributed by atoms with E-state index in [9.17, 15) is 4.79 Å².